The fourth-order valence-corrected chi connectivity index (χ4v) is 1.46. The molecule has 0 radical (unpaired) electrons. The Labute approximate surface area is 103 Å². The topological polar surface area (TPSA) is 70.6 Å². The van der Waals surface area contributed by atoms with Gasteiger partial charge in [0.05, 0.1) is 5.60 Å². The molecule has 0 aliphatic heterocycles. The number of ether oxygens (including phenoxy) is 1. The summed E-state index contributed by atoms with van der Waals surface area (Å²) in [6.45, 7) is 3.19. The van der Waals surface area contributed by atoms with Gasteiger partial charge in [0.1, 0.15) is 0 Å². The van der Waals surface area contributed by atoms with Crippen molar-refractivity contribution < 1.29 is 14.6 Å². The Kier molecular flexibility index (Phi) is 5.88. The van der Waals surface area contributed by atoms with Gasteiger partial charge in [-0.15, -0.1) is 0 Å². The monoisotopic (exact) mass is 244 g/mol. The SMILES string of the molecule is COCCC(C)(O)CNC(=O)CCNC1CC1. The lowest BCUT2D eigenvalue weighted by Gasteiger charge is -2.23. The number of hydrogen-bond donors (Lipinski definition) is 3. The predicted octanol–water partition coefficient (Wildman–Crippen LogP) is 0.0322. The zero-order valence-corrected chi connectivity index (χ0v) is 10.8. The summed E-state index contributed by atoms with van der Waals surface area (Å²) in [6.07, 6.45) is 3.45. The van der Waals surface area contributed by atoms with Gasteiger partial charge in [0.15, 0.2) is 0 Å². The minimum absolute atomic E-state index is 0.0177. The molecule has 1 rings (SSSR count). The lowest BCUT2D eigenvalue weighted by Crippen LogP contribution is -2.42. The van der Waals surface area contributed by atoms with Crippen molar-refractivity contribution in [1.29, 1.82) is 0 Å². The van der Waals surface area contributed by atoms with E-state index in [0.717, 1.165) is 6.54 Å². The van der Waals surface area contributed by atoms with Crippen molar-refractivity contribution >= 4 is 5.91 Å². The van der Waals surface area contributed by atoms with Gasteiger partial charge in [-0.2, -0.15) is 0 Å². The van der Waals surface area contributed by atoms with Gasteiger partial charge in [-0.3, -0.25) is 4.79 Å². The van der Waals surface area contributed by atoms with Crippen molar-refractivity contribution in [1.82, 2.24) is 10.6 Å². The number of methoxy groups -OCH3 is 1. The third-order valence-corrected chi connectivity index (χ3v) is 2.87. The Balaban J connectivity index is 2.04. The maximum Gasteiger partial charge on any atom is 0.221 e. The molecule has 0 saturated heterocycles. The van der Waals surface area contributed by atoms with Crippen LogP contribution in [0.4, 0.5) is 0 Å². The van der Waals surface area contributed by atoms with E-state index < -0.39 is 5.60 Å². The first-order valence-electron chi connectivity index (χ1n) is 6.25. The molecule has 1 aliphatic rings. The molecule has 5 heteroatoms. The Morgan fingerprint density at radius 1 is 1.53 bits per heavy atom. The molecule has 1 fully saturated rings. The lowest BCUT2D eigenvalue weighted by atomic mass is 10.0. The molecule has 5 nitrogen and oxygen atoms in total. The number of amides is 1. The van der Waals surface area contributed by atoms with Gasteiger partial charge in [0.25, 0.3) is 0 Å². The summed E-state index contributed by atoms with van der Waals surface area (Å²) in [5.41, 5.74) is -0.893. The Hall–Kier alpha value is -0.650. The molecular weight excluding hydrogens is 220 g/mol. The van der Waals surface area contributed by atoms with Crippen LogP contribution in [0, 0.1) is 0 Å². The first-order valence-corrected chi connectivity index (χ1v) is 6.25. The Bertz CT molecular complexity index is 240. The molecule has 0 aromatic rings. The van der Waals surface area contributed by atoms with Crippen LogP contribution in [0.3, 0.4) is 0 Å². The highest BCUT2D eigenvalue weighted by Gasteiger charge is 2.22. The Morgan fingerprint density at radius 3 is 2.82 bits per heavy atom. The summed E-state index contributed by atoms with van der Waals surface area (Å²) < 4.78 is 4.90. The molecule has 0 bridgehead atoms. The second-order valence-corrected chi connectivity index (χ2v) is 4.99. The molecule has 0 spiro atoms. The lowest BCUT2D eigenvalue weighted by molar-refractivity contribution is -0.122. The number of aliphatic hydroxyl groups is 1. The molecule has 0 heterocycles. The maximum atomic E-state index is 11.5. The van der Waals surface area contributed by atoms with E-state index in [2.05, 4.69) is 10.6 Å². The summed E-state index contributed by atoms with van der Waals surface area (Å²) in [4.78, 5) is 11.5. The highest BCUT2D eigenvalue weighted by atomic mass is 16.5. The van der Waals surface area contributed by atoms with Crippen molar-refractivity contribution in [2.75, 3.05) is 26.8 Å². The van der Waals surface area contributed by atoms with Crippen molar-refractivity contribution in [3.8, 4) is 0 Å². The molecule has 1 saturated carbocycles. The van der Waals surface area contributed by atoms with Crippen LogP contribution in [0.1, 0.15) is 32.6 Å². The van der Waals surface area contributed by atoms with Crippen LogP contribution >= 0.6 is 0 Å². The zero-order chi connectivity index (χ0) is 12.7. The van der Waals surface area contributed by atoms with E-state index in [1.165, 1.54) is 12.8 Å². The average Bonchev–Trinajstić information content (AvgIpc) is 3.08. The predicted molar refractivity (Wildman–Crippen MR) is 65.8 cm³/mol. The third kappa shape index (κ3) is 7.31. The van der Waals surface area contributed by atoms with E-state index >= 15 is 0 Å². The van der Waals surface area contributed by atoms with Gasteiger partial charge < -0.3 is 20.5 Å². The van der Waals surface area contributed by atoms with E-state index in [-0.39, 0.29) is 12.5 Å². The third-order valence-electron chi connectivity index (χ3n) is 2.87. The van der Waals surface area contributed by atoms with Gasteiger partial charge in [0.2, 0.25) is 5.91 Å². The summed E-state index contributed by atoms with van der Waals surface area (Å²) in [6, 6.07) is 0.632. The quantitative estimate of drug-likeness (QED) is 0.535. The molecule has 0 aromatic carbocycles. The van der Waals surface area contributed by atoms with Gasteiger partial charge in [-0.1, -0.05) is 0 Å². The molecule has 1 atom stereocenters. The molecule has 100 valence electrons. The second-order valence-electron chi connectivity index (χ2n) is 4.99. The molecule has 17 heavy (non-hydrogen) atoms. The number of rotatable bonds is 9. The number of hydrogen-bond acceptors (Lipinski definition) is 4. The largest absolute Gasteiger partial charge is 0.388 e. The van der Waals surface area contributed by atoms with E-state index in [9.17, 15) is 9.90 Å². The van der Waals surface area contributed by atoms with Crippen LogP contribution in [0.2, 0.25) is 0 Å². The summed E-state index contributed by atoms with van der Waals surface area (Å²) >= 11 is 0. The summed E-state index contributed by atoms with van der Waals surface area (Å²) in [5.74, 6) is -0.0177. The van der Waals surface area contributed by atoms with Gasteiger partial charge in [-0.25, -0.2) is 0 Å². The zero-order valence-electron chi connectivity index (χ0n) is 10.8. The van der Waals surface area contributed by atoms with E-state index in [1.54, 1.807) is 14.0 Å². The minimum atomic E-state index is -0.893. The van der Waals surface area contributed by atoms with E-state index in [1.807, 2.05) is 0 Å². The van der Waals surface area contributed by atoms with Crippen LogP contribution < -0.4 is 10.6 Å². The molecule has 0 aromatic heterocycles. The fourth-order valence-electron chi connectivity index (χ4n) is 1.46. The standard InChI is InChI=1S/C12H24N2O3/c1-12(16,6-8-17-2)9-14-11(15)5-7-13-10-3-4-10/h10,13,16H,3-9H2,1-2H3,(H,14,15). The molecular formula is C12H24N2O3. The maximum absolute atomic E-state index is 11.5. The number of carbonyl (C=O) groups excluding carboxylic acids is 1. The van der Waals surface area contributed by atoms with Crippen LogP contribution in [0.25, 0.3) is 0 Å². The first kappa shape index (κ1) is 14.4. The average molecular weight is 244 g/mol. The van der Waals surface area contributed by atoms with E-state index in [4.69, 9.17) is 4.74 Å². The van der Waals surface area contributed by atoms with Crippen LogP contribution in [0.5, 0.6) is 0 Å². The minimum Gasteiger partial charge on any atom is -0.388 e. The number of nitrogens with one attached hydrogen (secondary N) is 2. The van der Waals surface area contributed by atoms with Crippen molar-refractivity contribution in [2.45, 2.75) is 44.2 Å². The van der Waals surface area contributed by atoms with E-state index in [0.29, 0.717) is 25.5 Å². The molecule has 3 N–H and O–H groups in total. The molecule has 1 aliphatic carbocycles. The van der Waals surface area contributed by atoms with Crippen molar-refractivity contribution in [3.05, 3.63) is 0 Å². The van der Waals surface area contributed by atoms with Crippen molar-refractivity contribution in [2.24, 2.45) is 0 Å². The van der Waals surface area contributed by atoms with Gasteiger partial charge in [-0.05, 0) is 19.8 Å². The molecule has 1 amide bonds. The fraction of sp³-hybridized carbons (Fsp3) is 0.917. The summed E-state index contributed by atoms with van der Waals surface area (Å²) in [5, 5.41) is 15.9. The van der Waals surface area contributed by atoms with Crippen LogP contribution in [-0.2, 0) is 9.53 Å². The summed E-state index contributed by atoms with van der Waals surface area (Å²) in [7, 11) is 1.60. The Morgan fingerprint density at radius 2 is 2.24 bits per heavy atom. The number of carbonyl (C=O) groups is 1. The normalized spacial score (nSPS) is 18.8. The van der Waals surface area contributed by atoms with Gasteiger partial charge >= 0.3 is 0 Å². The van der Waals surface area contributed by atoms with Gasteiger partial charge in [0, 0.05) is 45.7 Å². The smallest absolute Gasteiger partial charge is 0.221 e. The van der Waals surface area contributed by atoms with Crippen LogP contribution in [0.15, 0.2) is 0 Å². The highest BCUT2D eigenvalue weighted by Crippen LogP contribution is 2.18. The highest BCUT2D eigenvalue weighted by molar-refractivity contribution is 5.76. The second kappa shape index (κ2) is 6.93. The first-order chi connectivity index (χ1) is 8.03. The van der Waals surface area contributed by atoms with Crippen LogP contribution in [-0.4, -0.2) is 49.5 Å². The molecule has 1 unspecified atom stereocenters. The van der Waals surface area contributed by atoms with Crippen molar-refractivity contribution in [3.63, 3.8) is 0 Å².